The van der Waals surface area contributed by atoms with Crippen molar-refractivity contribution in [1.82, 2.24) is 4.90 Å². The molecule has 0 saturated carbocycles. The summed E-state index contributed by atoms with van der Waals surface area (Å²) in [6.07, 6.45) is -0.704. The van der Waals surface area contributed by atoms with E-state index in [0.29, 0.717) is 58.1 Å². The fourth-order valence-electron chi connectivity index (χ4n) is 6.06. The number of nitrogens with two attached hydrogens (primary N) is 1. The van der Waals surface area contributed by atoms with Crippen LogP contribution >= 0.6 is 11.6 Å². The molecule has 1 amide bonds. The molecule has 1 aliphatic rings. The monoisotopic (exact) mass is 522 g/mol. The number of hydrogen-bond acceptors (Lipinski definition) is 5. The molecule has 1 aromatic rings. The Kier molecular flexibility index (Phi) is 9.18. The minimum Gasteiger partial charge on any atom is -0.465 e. The zero-order chi connectivity index (χ0) is 26.9. The topological polar surface area (TPSA) is 103 Å². The molecular formula is C26H43ClN4O3Si. The second-order valence-electron chi connectivity index (χ2n) is 11.6. The first-order valence-corrected chi connectivity index (χ1v) is 15.0. The molecule has 7 nitrogen and oxygen atoms in total. The van der Waals surface area contributed by atoms with Crippen LogP contribution in [0.4, 0.5) is 16.2 Å². The van der Waals surface area contributed by atoms with Crippen molar-refractivity contribution in [3.8, 4) is 6.07 Å². The molecule has 1 heterocycles. The van der Waals surface area contributed by atoms with Crippen LogP contribution in [0.1, 0.15) is 74.3 Å². The van der Waals surface area contributed by atoms with Crippen LogP contribution in [-0.4, -0.2) is 55.2 Å². The molecule has 0 spiro atoms. The van der Waals surface area contributed by atoms with Gasteiger partial charge in [-0.25, -0.2) is 4.79 Å². The summed E-state index contributed by atoms with van der Waals surface area (Å²) in [5.74, 6) is 0. The van der Waals surface area contributed by atoms with Gasteiger partial charge in [0.05, 0.1) is 40.2 Å². The Morgan fingerprint density at radius 2 is 1.77 bits per heavy atom. The molecule has 196 valence electrons. The first-order valence-electron chi connectivity index (χ1n) is 12.5. The Hall–Kier alpha value is -1.95. The van der Waals surface area contributed by atoms with E-state index in [0.717, 1.165) is 0 Å². The van der Waals surface area contributed by atoms with Crippen molar-refractivity contribution in [2.75, 3.05) is 23.7 Å². The zero-order valence-electron chi connectivity index (χ0n) is 22.7. The largest absolute Gasteiger partial charge is 0.465 e. The molecule has 0 bridgehead atoms. The molecule has 35 heavy (non-hydrogen) atoms. The van der Waals surface area contributed by atoms with Crippen molar-refractivity contribution in [3.63, 3.8) is 0 Å². The van der Waals surface area contributed by atoms with E-state index in [1.807, 2.05) is 20.8 Å². The van der Waals surface area contributed by atoms with E-state index < -0.39 is 19.9 Å². The standard InChI is InChI=1S/C26H43ClN4O3Si/c1-16(2)35(17(3)4,18(5)6)34-23-15-30(22-13-19(14-28)12-20(29)24(22)27)11-10-21(23)31(25(32)33)26(7,8)9/h12-13,16-18,21,23H,10-11,15,29H2,1-9H3,(H,32,33)/t21-,23-/m1/s1. The molecule has 3 N–H and O–H groups in total. The second-order valence-corrected chi connectivity index (χ2v) is 17.4. The molecule has 0 aromatic heterocycles. The van der Waals surface area contributed by atoms with Crippen molar-refractivity contribution in [1.29, 1.82) is 5.26 Å². The minimum absolute atomic E-state index is 0.304. The summed E-state index contributed by atoms with van der Waals surface area (Å²) in [5, 5.41) is 20.1. The quantitative estimate of drug-likeness (QED) is 0.304. The Bertz CT molecular complexity index is 933. The first-order chi connectivity index (χ1) is 16.1. The number of piperidine rings is 1. The van der Waals surface area contributed by atoms with Crippen LogP contribution in [0.3, 0.4) is 0 Å². The number of nitrogen functional groups attached to an aromatic ring is 1. The van der Waals surface area contributed by atoms with Gasteiger partial charge >= 0.3 is 6.09 Å². The van der Waals surface area contributed by atoms with Crippen LogP contribution in [0.2, 0.25) is 21.6 Å². The predicted molar refractivity (Wildman–Crippen MR) is 147 cm³/mol. The Morgan fingerprint density at radius 1 is 1.23 bits per heavy atom. The molecular weight excluding hydrogens is 480 g/mol. The Morgan fingerprint density at radius 3 is 2.20 bits per heavy atom. The SMILES string of the molecule is CC(C)[Si](O[C@@H]1CN(c2cc(C#N)cc(N)c2Cl)CC[C@H]1N(C(=O)O)C(C)(C)C)(C(C)C)C(C)C. The number of carbonyl (C=O) groups is 1. The highest BCUT2D eigenvalue weighted by atomic mass is 35.5. The lowest BCUT2D eigenvalue weighted by molar-refractivity contribution is 0.00285. The molecule has 2 atom stereocenters. The van der Waals surface area contributed by atoms with Gasteiger partial charge in [0, 0.05) is 18.6 Å². The van der Waals surface area contributed by atoms with Crippen LogP contribution in [0.25, 0.3) is 0 Å². The Labute approximate surface area is 217 Å². The van der Waals surface area contributed by atoms with E-state index >= 15 is 0 Å². The number of hydrogen-bond donors (Lipinski definition) is 2. The average molecular weight is 523 g/mol. The molecule has 0 aliphatic carbocycles. The normalized spacial score (nSPS) is 19.4. The summed E-state index contributed by atoms with van der Waals surface area (Å²) in [6, 6.07) is 5.18. The van der Waals surface area contributed by atoms with Crippen LogP contribution in [-0.2, 0) is 4.43 Å². The molecule has 0 unspecified atom stereocenters. The summed E-state index contributed by atoms with van der Waals surface area (Å²) >= 11 is 6.60. The lowest BCUT2D eigenvalue weighted by Crippen LogP contribution is -2.64. The third-order valence-electron chi connectivity index (χ3n) is 7.40. The van der Waals surface area contributed by atoms with Gasteiger partial charge in [0.2, 0.25) is 8.32 Å². The van der Waals surface area contributed by atoms with Gasteiger partial charge in [0.25, 0.3) is 0 Å². The third-order valence-corrected chi connectivity index (χ3v) is 13.9. The minimum atomic E-state index is -2.33. The highest BCUT2D eigenvalue weighted by Crippen LogP contribution is 2.45. The zero-order valence-corrected chi connectivity index (χ0v) is 24.5. The molecule has 2 rings (SSSR count). The maximum atomic E-state index is 12.5. The van der Waals surface area contributed by atoms with Gasteiger partial charge in [-0.05, 0) is 55.9 Å². The van der Waals surface area contributed by atoms with Gasteiger partial charge in [0.1, 0.15) is 0 Å². The second kappa shape index (κ2) is 11.0. The first kappa shape index (κ1) is 29.3. The van der Waals surface area contributed by atoms with Gasteiger partial charge in [0.15, 0.2) is 0 Å². The summed E-state index contributed by atoms with van der Waals surface area (Å²) < 4.78 is 7.23. The fraction of sp³-hybridized carbons (Fsp3) is 0.692. The highest BCUT2D eigenvalue weighted by molar-refractivity contribution is 6.77. The van der Waals surface area contributed by atoms with Crippen molar-refractivity contribution in [2.45, 2.75) is 103 Å². The number of carboxylic acid groups (broad SMARTS) is 1. The number of nitrogens with zero attached hydrogens (tertiary/aromatic N) is 3. The van der Waals surface area contributed by atoms with Crippen LogP contribution in [0.5, 0.6) is 0 Å². The van der Waals surface area contributed by atoms with Crippen molar-refractivity contribution in [3.05, 3.63) is 22.7 Å². The van der Waals surface area contributed by atoms with Crippen LogP contribution < -0.4 is 10.6 Å². The number of benzene rings is 1. The van der Waals surface area contributed by atoms with E-state index in [2.05, 4.69) is 52.5 Å². The number of rotatable bonds is 7. The molecule has 9 heteroatoms. The van der Waals surface area contributed by atoms with E-state index in [1.54, 1.807) is 17.0 Å². The van der Waals surface area contributed by atoms with Gasteiger partial charge < -0.3 is 20.2 Å². The summed E-state index contributed by atoms with van der Waals surface area (Å²) in [6.45, 7) is 20.2. The molecule has 0 radical (unpaired) electrons. The van der Waals surface area contributed by atoms with E-state index in [1.165, 1.54) is 0 Å². The lowest BCUT2D eigenvalue weighted by atomic mass is 9.94. The number of amides is 1. The molecule has 1 saturated heterocycles. The van der Waals surface area contributed by atoms with Crippen molar-refractivity contribution >= 4 is 37.4 Å². The van der Waals surface area contributed by atoms with E-state index in [9.17, 15) is 15.2 Å². The molecule has 1 aromatic carbocycles. The molecule has 1 aliphatic heterocycles. The van der Waals surface area contributed by atoms with Crippen LogP contribution in [0.15, 0.2) is 12.1 Å². The van der Waals surface area contributed by atoms with Gasteiger partial charge in [-0.3, -0.25) is 4.90 Å². The number of anilines is 2. The number of halogens is 1. The van der Waals surface area contributed by atoms with Crippen LogP contribution in [0, 0.1) is 11.3 Å². The van der Waals surface area contributed by atoms with E-state index in [-0.39, 0.29) is 12.1 Å². The van der Waals surface area contributed by atoms with Gasteiger partial charge in [-0.1, -0.05) is 53.1 Å². The number of nitriles is 1. The average Bonchev–Trinajstić information content (AvgIpc) is 2.72. The fourth-order valence-corrected chi connectivity index (χ4v) is 11.9. The van der Waals surface area contributed by atoms with Gasteiger partial charge in [-0.2, -0.15) is 5.26 Å². The predicted octanol–water partition coefficient (Wildman–Crippen LogP) is 6.71. The summed E-state index contributed by atoms with van der Waals surface area (Å²) in [4.78, 5) is 16.2. The summed E-state index contributed by atoms with van der Waals surface area (Å²) in [7, 11) is -2.33. The third kappa shape index (κ3) is 5.90. The maximum absolute atomic E-state index is 12.5. The highest BCUT2D eigenvalue weighted by Gasteiger charge is 2.50. The molecule has 1 fully saturated rings. The lowest BCUT2D eigenvalue weighted by Gasteiger charge is -2.52. The van der Waals surface area contributed by atoms with Gasteiger partial charge in [-0.15, -0.1) is 0 Å². The van der Waals surface area contributed by atoms with E-state index in [4.69, 9.17) is 21.8 Å². The Balaban J connectivity index is 2.62. The maximum Gasteiger partial charge on any atom is 0.408 e. The van der Waals surface area contributed by atoms with Crippen molar-refractivity contribution < 1.29 is 14.3 Å². The summed E-state index contributed by atoms with van der Waals surface area (Å²) in [5.41, 5.74) is 8.09. The smallest absolute Gasteiger partial charge is 0.408 e. The van der Waals surface area contributed by atoms with Crippen molar-refractivity contribution in [2.24, 2.45) is 0 Å².